The normalized spacial score (nSPS) is 12.7. The predicted octanol–water partition coefficient (Wildman–Crippen LogP) is 4.15. The molecule has 1 heteroatoms. The maximum atomic E-state index is 3.39. The Kier molecular flexibility index (Phi) is 5.93. The second-order valence-corrected chi connectivity index (χ2v) is 4.84. The van der Waals surface area contributed by atoms with Crippen molar-refractivity contribution in [2.75, 3.05) is 5.33 Å². The summed E-state index contributed by atoms with van der Waals surface area (Å²) in [5.41, 5.74) is 0.485. The molecule has 0 aliphatic heterocycles. The maximum absolute atomic E-state index is 3.39. The van der Waals surface area contributed by atoms with Gasteiger partial charge in [-0.2, -0.15) is 0 Å². The van der Waals surface area contributed by atoms with Crippen LogP contribution in [0.4, 0.5) is 0 Å². The highest BCUT2D eigenvalue weighted by Gasteiger charge is 2.07. The molecule has 0 unspecified atom stereocenters. The highest BCUT2D eigenvalue weighted by Crippen LogP contribution is 2.20. The minimum Gasteiger partial charge on any atom is -0.0925 e. The Hall–Kier alpha value is 0.220. The van der Waals surface area contributed by atoms with Gasteiger partial charge in [-0.05, 0) is 24.7 Å². The van der Waals surface area contributed by atoms with Gasteiger partial charge in [-0.3, -0.25) is 0 Å². The van der Waals surface area contributed by atoms with Crippen molar-refractivity contribution in [2.45, 2.75) is 40.0 Å². The molecule has 0 spiro atoms. The Balaban J connectivity index is 3.27. The van der Waals surface area contributed by atoms with Crippen molar-refractivity contribution in [3.63, 3.8) is 0 Å². The average Bonchev–Trinajstić information content (AvgIpc) is 1.85. The lowest BCUT2D eigenvalue weighted by atomic mass is 9.90. The van der Waals surface area contributed by atoms with Gasteiger partial charge in [0.2, 0.25) is 0 Å². The van der Waals surface area contributed by atoms with E-state index >= 15 is 0 Å². The fourth-order valence-corrected chi connectivity index (χ4v) is 1.08. The molecule has 0 N–H and O–H groups in total. The third-order valence-corrected chi connectivity index (χ3v) is 1.96. The number of allylic oxidation sites excluding steroid dienone is 2. The van der Waals surface area contributed by atoms with Crippen molar-refractivity contribution in [1.82, 2.24) is 0 Å². The number of hydrogen-bond acceptors (Lipinski definition) is 0. The molecule has 0 aromatic rings. The molecule has 0 radical (unpaired) electrons. The second kappa shape index (κ2) is 5.82. The molecule has 0 aliphatic carbocycles. The van der Waals surface area contributed by atoms with Gasteiger partial charge in [-0.15, -0.1) is 0 Å². The molecule has 0 saturated heterocycles. The minimum absolute atomic E-state index is 0.485. The van der Waals surface area contributed by atoms with Gasteiger partial charge in [0.25, 0.3) is 0 Å². The molecule has 0 bridgehead atoms. The Morgan fingerprint density at radius 1 is 1.09 bits per heavy atom. The van der Waals surface area contributed by atoms with E-state index in [-0.39, 0.29) is 0 Å². The molecule has 0 aromatic heterocycles. The van der Waals surface area contributed by atoms with E-state index in [1.165, 1.54) is 12.8 Å². The first-order chi connectivity index (χ1) is 5.06. The van der Waals surface area contributed by atoms with Crippen LogP contribution in [0.3, 0.4) is 0 Å². The maximum Gasteiger partial charge on any atom is 0.00659 e. The van der Waals surface area contributed by atoms with Gasteiger partial charge in [0.15, 0.2) is 0 Å². The van der Waals surface area contributed by atoms with Gasteiger partial charge in [-0.25, -0.2) is 0 Å². The lowest BCUT2D eigenvalue weighted by Gasteiger charge is -2.15. The Labute approximate surface area is 79.2 Å². The fourth-order valence-electron chi connectivity index (χ4n) is 0.815. The standard InChI is InChI=1S/C10H19Br/c1-10(2,3)8-6-4-5-7-9-11/h4-5H,6-9H2,1-3H3. The first-order valence-corrected chi connectivity index (χ1v) is 5.39. The SMILES string of the molecule is CC(C)(C)CCC=CCCBr. The zero-order chi connectivity index (χ0) is 8.74. The third-order valence-electron chi connectivity index (χ3n) is 1.50. The van der Waals surface area contributed by atoms with E-state index in [0.29, 0.717) is 5.41 Å². The highest BCUT2D eigenvalue weighted by molar-refractivity contribution is 9.09. The summed E-state index contributed by atoms with van der Waals surface area (Å²) in [4.78, 5) is 0. The van der Waals surface area contributed by atoms with Gasteiger partial charge in [0, 0.05) is 5.33 Å². The van der Waals surface area contributed by atoms with Crippen LogP contribution >= 0.6 is 15.9 Å². The molecule has 0 rings (SSSR count). The third kappa shape index (κ3) is 10.2. The minimum atomic E-state index is 0.485. The molecule has 0 amide bonds. The number of rotatable bonds is 4. The van der Waals surface area contributed by atoms with Crippen molar-refractivity contribution in [3.8, 4) is 0 Å². The Morgan fingerprint density at radius 3 is 2.09 bits per heavy atom. The topological polar surface area (TPSA) is 0 Å². The number of halogens is 1. The predicted molar refractivity (Wildman–Crippen MR) is 56.2 cm³/mol. The fraction of sp³-hybridized carbons (Fsp3) is 0.800. The molecule has 0 aromatic carbocycles. The number of hydrogen-bond donors (Lipinski definition) is 0. The van der Waals surface area contributed by atoms with E-state index in [4.69, 9.17) is 0 Å². The van der Waals surface area contributed by atoms with Crippen LogP contribution in [0.2, 0.25) is 0 Å². The summed E-state index contributed by atoms with van der Waals surface area (Å²) >= 11 is 3.39. The Bertz CT molecular complexity index is 109. The van der Waals surface area contributed by atoms with Crippen LogP contribution in [0.1, 0.15) is 40.0 Å². The summed E-state index contributed by atoms with van der Waals surface area (Å²) in [6.45, 7) is 6.85. The van der Waals surface area contributed by atoms with Gasteiger partial charge in [0.05, 0.1) is 0 Å². The van der Waals surface area contributed by atoms with E-state index in [1.54, 1.807) is 0 Å². The van der Waals surface area contributed by atoms with Crippen LogP contribution in [-0.4, -0.2) is 5.33 Å². The first-order valence-electron chi connectivity index (χ1n) is 4.27. The van der Waals surface area contributed by atoms with Crippen LogP contribution in [0, 0.1) is 5.41 Å². The highest BCUT2D eigenvalue weighted by atomic mass is 79.9. The van der Waals surface area contributed by atoms with Crippen LogP contribution < -0.4 is 0 Å². The summed E-state index contributed by atoms with van der Waals surface area (Å²) in [5.74, 6) is 0. The van der Waals surface area contributed by atoms with Gasteiger partial charge in [-0.1, -0.05) is 48.9 Å². The van der Waals surface area contributed by atoms with E-state index in [1.807, 2.05) is 0 Å². The quantitative estimate of drug-likeness (QED) is 0.492. The summed E-state index contributed by atoms with van der Waals surface area (Å²) in [7, 11) is 0. The monoisotopic (exact) mass is 218 g/mol. The molecule has 11 heavy (non-hydrogen) atoms. The summed E-state index contributed by atoms with van der Waals surface area (Å²) in [6, 6.07) is 0. The smallest absolute Gasteiger partial charge is 0.00659 e. The number of alkyl halides is 1. The van der Waals surface area contributed by atoms with Crippen molar-refractivity contribution in [3.05, 3.63) is 12.2 Å². The summed E-state index contributed by atoms with van der Waals surface area (Å²) in [5, 5.41) is 1.08. The average molecular weight is 219 g/mol. The summed E-state index contributed by atoms with van der Waals surface area (Å²) < 4.78 is 0. The molecule has 66 valence electrons. The van der Waals surface area contributed by atoms with Crippen molar-refractivity contribution in [1.29, 1.82) is 0 Å². The molecule has 0 atom stereocenters. The van der Waals surface area contributed by atoms with Crippen LogP contribution in [0.5, 0.6) is 0 Å². The van der Waals surface area contributed by atoms with Crippen molar-refractivity contribution < 1.29 is 0 Å². The molecule has 0 heterocycles. The first kappa shape index (κ1) is 11.2. The van der Waals surface area contributed by atoms with Gasteiger partial charge in [0.1, 0.15) is 0 Å². The zero-order valence-corrected chi connectivity index (χ0v) is 9.45. The molecular weight excluding hydrogens is 200 g/mol. The van der Waals surface area contributed by atoms with Crippen LogP contribution in [0.15, 0.2) is 12.2 Å². The van der Waals surface area contributed by atoms with E-state index in [0.717, 1.165) is 11.8 Å². The molecule has 0 fully saturated rings. The molecule has 0 saturated carbocycles. The van der Waals surface area contributed by atoms with Crippen LogP contribution in [-0.2, 0) is 0 Å². The molecular formula is C10H19Br. The van der Waals surface area contributed by atoms with Crippen LogP contribution in [0.25, 0.3) is 0 Å². The van der Waals surface area contributed by atoms with E-state index in [9.17, 15) is 0 Å². The second-order valence-electron chi connectivity index (χ2n) is 4.05. The van der Waals surface area contributed by atoms with Crippen molar-refractivity contribution in [2.24, 2.45) is 5.41 Å². The van der Waals surface area contributed by atoms with E-state index < -0.39 is 0 Å². The Morgan fingerprint density at radius 2 is 1.64 bits per heavy atom. The largest absolute Gasteiger partial charge is 0.0925 e. The van der Waals surface area contributed by atoms with Gasteiger partial charge < -0.3 is 0 Å². The zero-order valence-electron chi connectivity index (χ0n) is 7.86. The molecule has 0 nitrogen and oxygen atoms in total. The van der Waals surface area contributed by atoms with E-state index in [2.05, 4.69) is 48.9 Å². The summed E-state index contributed by atoms with van der Waals surface area (Å²) in [6.07, 6.45) is 8.19. The lowest BCUT2D eigenvalue weighted by molar-refractivity contribution is 0.381. The van der Waals surface area contributed by atoms with Gasteiger partial charge >= 0.3 is 0 Å². The molecule has 0 aliphatic rings. The lowest BCUT2D eigenvalue weighted by Crippen LogP contribution is -2.02. The van der Waals surface area contributed by atoms with Crippen molar-refractivity contribution >= 4 is 15.9 Å².